The molecule has 2 rings (SSSR count). The quantitative estimate of drug-likeness (QED) is 0.532. The third kappa shape index (κ3) is 2.50. The number of halogens is 1. The Morgan fingerprint density at radius 2 is 1.84 bits per heavy atom. The molecule has 0 N–H and O–H groups in total. The number of hydrogen-bond donors (Lipinski definition) is 0. The van der Waals surface area contributed by atoms with Crippen LogP contribution in [0.4, 0.5) is 0 Å². The van der Waals surface area contributed by atoms with Gasteiger partial charge in [-0.25, -0.2) is 0 Å². The predicted molar refractivity (Wildman–Crippen MR) is 82.2 cm³/mol. The van der Waals surface area contributed by atoms with Gasteiger partial charge in [-0.2, -0.15) is 0 Å². The number of fused-ring (bicyclic) bond motifs is 1. The Morgan fingerprint density at radius 1 is 1.16 bits per heavy atom. The van der Waals surface area contributed by atoms with Crippen LogP contribution in [0.5, 0.6) is 5.75 Å². The monoisotopic (exact) mass is 280 g/mol. The number of unbranched alkanes of at least 4 members (excludes halogenated alkanes) is 1. The first kappa shape index (κ1) is 14.7. The average molecular weight is 281 g/mol. The van der Waals surface area contributed by atoms with Crippen molar-refractivity contribution in [2.75, 3.05) is 5.88 Å². The Kier molecular flexibility index (Phi) is 4.15. The first-order chi connectivity index (χ1) is 8.92. The van der Waals surface area contributed by atoms with Gasteiger partial charge in [-0.15, -0.1) is 11.6 Å². The molecule has 2 atom stereocenters. The molecule has 0 radical (unpaired) electrons. The summed E-state index contributed by atoms with van der Waals surface area (Å²) in [5.74, 6) is 2.30. The third-order valence-electron chi connectivity index (χ3n) is 5.20. The molecule has 0 bridgehead atoms. The van der Waals surface area contributed by atoms with Crippen molar-refractivity contribution in [2.45, 2.75) is 58.5 Å². The van der Waals surface area contributed by atoms with Gasteiger partial charge >= 0.3 is 0 Å². The zero-order valence-electron chi connectivity index (χ0n) is 12.5. The van der Waals surface area contributed by atoms with Crippen molar-refractivity contribution in [1.82, 2.24) is 0 Å². The largest absolute Gasteiger partial charge is 0.487 e. The maximum Gasteiger partial charge on any atom is 0.123 e. The van der Waals surface area contributed by atoms with Crippen LogP contribution in [-0.2, 0) is 0 Å². The third-order valence-corrected chi connectivity index (χ3v) is 5.47. The number of rotatable bonds is 4. The Morgan fingerprint density at radius 3 is 2.53 bits per heavy atom. The summed E-state index contributed by atoms with van der Waals surface area (Å²) in [4.78, 5) is 0. The number of para-hydroxylation sites is 1. The summed E-state index contributed by atoms with van der Waals surface area (Å²) in [6.07, 6.45) is 3.25. The minimum Gasteiger partial charge on any atom is -0.487 e. The molecular formula is C17H25ClO. The molecule has 0 aromatic heterocycles. The van der Waals surface area contributed by atoms with Crippen LogP contribution >= 0.6 is 11.6 Å². The zero-order chi connectivity index (χ0) is 14.1. The summed E-state index contributed by atoms with van der Waals surface area (Å²) in [6.45, 7) is 9.23. The molecule has 1 nitrogen and oxygen atoms in total. The zero-order valence-corrected chi connectivity index (χ0v) is 13.3. The van der Waals surface area contributed by atoms with E-state index in [1.807, 2.05) is 0 Å². The van der Waals surface area contributed by atoms with Crippen LogP contribution in [0.2, 0.25) is 0 Å². The molecule has 1 aliphatic rings. The van der Waals surface area contributed by atoms with E-state index in [2.05, 4.69) is 52.0 Å². The van der Waals surface area contributed by atoms with E-state index < -0.39 is 0 Å². The van der Waals surface area contributed by atoms with Gasteiger partial charge in [0.25, 0.3) is 0 Å². The fraction of sp³-hybridized carbons (Fsp3) is 0.647. The molecule has 1 aliphatic heterocycles. The van der Waals surface area contributed by atoms with Crippen LogP contribution in [-0.4, -0.2) is 11.5 Å². The van der Waals surface area contributed by atoms with Gasteiger partial charge in [0.15, 0.2) is 0 Å². The van der Waals surface area contributed by atoms with Gasteiger partial charge in [0.05, 0.1) is 0 Å². The van der Waals surface area contributed by atoms with Crippen LogP contribution in [0.3, 0.4) is 0 Å². The highest BCUT2D eigenvalue weighted by molar-refractivity contribution is 6.17. The molecule has 0 spiro atoms. The maximum absolute atomic E-state index is 6.41. The number of ether oxygens (including phenoxy) is 1. The van der Waals surface area contributed by atoms with Crippen LogP contribution in [0.15, 0.2) is 24.3 Å². The lowest BCUT2D eigenvalue weighted by atomic mass is 9.62. The first-order valence-electron chi connectivity index (χ1n) is 7.26. The molecule has 106 valence electrons. The van der Waals surface area contributed by atoms with E-state index in [-0.39, 0.29) is 11.0 Å². The second kappa shape index (κ2) is 5.36. The smallest absolute Gasteiger partial charge is 0.123 e. The minimum absolute atomic E-state index is 0.118. The van der Waals surface area contributed by atoms with Crippen molar-refractivity contribution in [3.63, 3.8) is 0 Å². The first-order valence-corrected chi connectivity index (χ1v) is 7.80. The number of alkyl halides is 1. The molecule has 2 heteroatoms. The summed E-state index contributed by atoms with van der Waals surface area (Å²) in [7, 11) is 0. The lowest BCUT2D eigenvalue weighted by Gasteiger charge is -2.52. The molecule has 19 heavy (non-hydrogen) atoms. The van der Waals surface area contributed by atoms with Gasteiger partial charge in [0.2, 0.25) is 0 Å². The van der Waals surface area contributed by atoms with Crippen molar-refractivity contribution >= 4 is 11.6 Å². The van der Waals surface area contributed by atoms with E-state index in [1.54, 1.807) is 0 Å². The molecule has 0 amide bonds. The van der Waals surface area contributed by atoms with E-state index in [0.717, 1.165) is 30.9 Å². The van der Waals surface area contributed by atoms with E-state index in [4.69, 9.17) is 16.3 Å². The second-order valence-corrected chi connectivity index (χ2v) is 6.84. The Bertz CT molecular complexity index is 441. The summed E-state index contributed by atoms with van der Waals surface area (Å²) in [5, 5.41) is 0. The predicted octanol–water partition coefficient (Wildman–Crippen LogP) is 5.38. The van der Waals surface area contributed by atoms with Gasteiger partial charge in [-0.05, 0) is 43.7 Å². The fourth-order valence-corrected chi connectivity index (χ4v) is 3.27. The van der Waals surface area contributed by atoms with Crippen LogP contribution in [0, 0.1) is 5.41 Å². The van der Waals surface area contributed by atoms with Gasteiger partial charge < -0.3 is 4.74 Å². The minimum atomic E-state index is -0.118. The number of hydrogen-bond acceptors (Lipinski definition) is 1. The summed E-state index contributed by atoms with van der Waals surface area (Å²) in [5.41, 5.74) is 1.34. The summed E-state index contributed by atoms with van der Waals surface area (Å²) >= 11 is 5.80. The molecule has 0 fully saturated rings. The second-order valence-electron chi connectivity index (χ2n) is 6.46. The van der Waals surface area contributed by atoms with Crippen molar-refractivity contribution in [3.8, 4) is 5.75 Å². The summed E-state index contributed by atoms with van der Waals surface area (Å²) < 4.78 is 6.41. The molecule has 2 unspecified atom stereocenters. The van der Waals surface area contributed by atoms with E-state index in [1.165, 1.54) is 5.56 Å². The molecule has 1 aromatic rings. The molecule has 0 saturated carbocycles. The molecule has 1 aromatic carbocycles. The maximum atomic E-state index is 6.41. The fourth-order valence-electron chi connectivity index (χ4n) is 3.08. The lowest BCUT2D eigenvalue weighted by molar-refractivity contribution is -0.0653. The Labute approximate surface area is 122 Å². The van der Waals surface area contributed by atoms with Crippen LogP contribution in [0.25, 0.3) is 0 Å². The van der Waals surface area contributed by atoms with Gasteiger partial charge in [-0.3, -0.25) is 0 Å². The van der Waals surface area contributed by atoms with Crippen LogP contribution < -0.4 is 4.74 Å². The highest BCUT2D eigenvalue weighted by Crippen LogP contribution is 2.54. The van der Waals surface area contributed by atoms with Gasteiger partial charge in [0, 0.05) is 11.3 Å². The van der Waals surface area contributed by atoms with Gasteiger partial charge in [0.1, 0.15) is 11.4 Å². The van der Waals surface area contributed by atoms with Crippen molar-refractivity contribution in [1.29, 1.82) is 0 Å². The molecule has 0 aliphatic carbocycles. The Balaban J connectivity index is 2.31. The van der Waals surface area contributed by atoms with E-state index in [0.29, 0.717) is 5.92 Å². The SMILES string of the molecule is CC1c2ccccc2OC(C)(CCCCCl)C1(C)C. The molecular weight excluding hydrogens is 256 g/mol. The topological polar surface area (TPSA) is 9.23 Å². The van der Waals surface area contributed by atoms with Crippen molar-refractivity contribution in [2.24, 2.45) is 5.41 Å². The normalized spacial score (nSPS) is 28.6. The Hall–Kier alpha value is -0.690. The molecule has 0 saturated heterocycles. The highest BCUT2D eigenvalue weighted by atomic mass is 35.5. The van der Waals surface area contributed by atoms with Crippen molar-refractivity contribution in [3.05, 3.63) is 29.8 Å². The highest BCUT2D eigenvalue weighted by Gasteiger charge is 2.50. The number of benzene rings is 1. The van der Waals surface area contributed by atoms with Crippen molar-refractivity contribution < 1.29 is 4.74 Å². The van der Waals surface area contributed by atoms with E-state index >= 15 is 0 Å². The molecule has 1 heterocycles. The summed E-state index contributed by atoms with van der Waals surface area (Å²) in [6, 6.07) is 8.45. The van der Waals surface area contributed by atoms with Gasteiger partial charge in [-0.1, -0.05) is 39.0 Å². The standard InChI is InChI=1S/C17H25ClO/c1-13-14-9-5-6-10-15(14)19-17(4,16(13,2)3)11-7-8-12-18/h5-6,9-10,13H,7-8,11-12H2,1-4H3. The van der Waals surface area contributed by atoms with E-state index in [9.17, 15) is 0 Å². The van der Waals surface area contributed by atoms with Crippen LogP contribution in [0.1, 0.15) is 58.4 Å². The average Bonchev–Trinajstić information content (AvgIpc) is 2.37. The lowest BCUT2D eigenvalue weighted by Crippen LogP contribution is -2.52.